The van der Waals surface area contributed by atoms with E-state index in [9.17, 15) is 0 Å². The Labute approximate surface area is 120 Å². The molecule has 0 aliphatic carbocycles. The molecule has 1 N–H and O–H groups in total. The molecule has 2 aromatic rings. The maximum atomic E-state index is 4.57. The molecule has 0 atom stereocenters. The van der Waals surface area contributed by atoms with Crippen LogP contribution in [0.2, 0.25) is 0 Å². The summed E-state index contributed by atoms with van der Waals surface area (Å²) in [5, 5.41) is 3.44. The first kappa shape index (κ1) is 12.7. The third-order valence-corrected chi connectivity index (χ3v) is 3.45. The van der Waals surface area contributed by atoms with E-state index in [4.69, 9.17) is 0 Å². The Hall–Kier alpha value is -2.29. The smallest absolute Gasteiger partial charge is 0.198 e. The number of hydrogen-bond acceptors (Lipinski definition) is 3. The molecule has 3 heteroatoms. The topological polar surface area (TPSA) is 27.6 Å². The second-order valence-electron chi connectivity index (χ2n) is 5.04. The van der Waals surface area contributed by atoms with Crippen molar-refractivity contribution < 1.29 is 0 Å². The van der Waals surface area contributed by atoms with Crippen LogP contribution in [-0.4, -0.2) is 19.0 Å². The van der Waals surface area contributed by atoms with Gasteiger partial charge in [-0.1, -0.05) is 42.5 Å². The van der Waals surface area contributed by atoms with Gasteiger partial charge in [-0.25, -0.2) is 0 Å². The lowest BCUT2D eigenvalue weighted by Gasteiger charge is -2.21. The van der Waals surface area contributed by atoms with E-state index in [0.29, 0.717) is 0 Å². The van der Waals surface area contributed by atoms with E-state index in [0.717, 1.165) is 25.6 Å². The molecule has 102 valence electrons. The lowest BCUT2D eigenvalue weighted by Crippen LogP contribution is -2.38. The summed E-state index contributed by atoms with van der Waals surface area (Å²) in [4.78, 5) is 6.82. The van der Waals surface area contributed by atoms with Crippen LogP contribution >= 0.6 is 0 Å². The maximum Gasteiger partial charge on any atom is 0.198 e. The highest BCUT2D eigenvalue weighted by Gasteiger charge is 2.18. The lowest BCUT2D eigenvalue weighted by atomic mass is 10.2. The Balaban J connectivity index is 1.70. The van der Waals surface area contributed by atoms with E-state index in [1.165, 1.54) is 16.8 Å². The second kappa shape index (κ2) is 5.78. The van der Waals surface area contributed by atoms with Crippen LogP contribution in [0.5, 0.6) is 0 Å². The van der Waals surface area contributed by atoms with Crippen LogP contribution in [0, 0.1) is 6.92 Å². The van der Waals surface area contributed by atoms with E-state index in [1.54, 1.807) is 0 Å². The van der Waals surface area contributed by atoms with Crippen LogP contribution in [0.15, 0.2) is 59.6 Å². The summed E-state index contributed by atoms with van der Waals surface area (Å²) in [7, 11) is 0. The lowest BCUT2D eigenvalue weighted by molar-refractivity contribution is 0.894. The van der Waals surface area contributed by atoms with Gasteiger partial charge in [0.05, 0.1) is 6.54 Å². The molecule has 20 heavy (non-hydrogen) atoms. The Kier molecular flexibility index (Phi) is 3.68. The Morgan fingerprint density at radius 1 is 1.10 bits per heavy atom. The molecule has 0 fully saturated rings. The van der Waals surface area contributed by atoms with Crippen molar-refractivity contribution >= 4 is 11.6 Å². The van der Waals surface area contributed by atoms with Crippen LogP contribution in [-0.2, 0) is 6.54 Å². The van der Waals surface area contributed by atoms with Crippen LogP contribution in [0.1, 0.15) is 11.1 Å². The second-order valence-corrected chi connectivity index (χ2v) is 5.04. The quantitative estimate of drug-likeness (QED) is 0.924. The Morgan fingerprint density at radius 2 is 1.95 bits per heavy atom. The fraction of sp³-hybridized carbons (Fsp3) is 0.235. The van der Waals surface area contributed by atoms with Crippen molar-refractivity contribution in [1.82, 2.24) is 5.32 Å². The van der Waals surface area contributed by atoms with E-state index < -0.39 is 0 Å². The average molecular weight is 265 g/mol. The van der Waals surface area contributed by atoms with Crippen molar-refractivity contribution in [3.8, 4) is 0 Å². The predicted octanol–water partition coefficient (Wildman–Crippen LogP) is 2.96. The molecule has 0 radical (unpaired) electrons. The number of nitrogens with one attached hydrogen (secondary N) is 1. The molecule has 0 saturated heterocycles. The standard InChI is InChI=1S/C17H19N3/c1-14-6-5-9-16(12-14)20-11-10-18-17(20)19-13-15-7-3-2-4-8-15/h2-9,12H,10-11,13H2,1H3,(H,18,19). The van der Waals surface area contributed by atoms with E-state index in [-0.39, 0.29) is 0 Å². The molecule has 0 amide bonds. The molecule has 3 nitrogen and oxygen atoms in total. The summed E-state index contributed by atoms with van der Waals surface area (Å²) >= 11 is 0. The molecule has 0 bridgehead atoms. The summed E-state index contributed by atoms with van der Waals surface area (Å²) in [6, 6.07) is 19.0. The van der Waals surface area contributed by atoms with Gasteiger partial charge in [0, 0.05) is 18.8 Å². The summed E-state index contributed by atoms with van der Waals surface area (Å²) < 4.78 is 0. The number of benzene rings is 2. The highest BCUT2D eigenvalue weighted by molar-refractivity contribution is 5.97. The van der Waals surface area contributed by atoms with E-state index in [2.05, 4.69) is 70.7 Å². The van der Waals surface area contributed by atoms with Gasteiger partial charge >= 0.3 is 0 Å². The molecule has 0 spiro atoms. The highest BCUT2D eigenvalue weighted by Crippen LogP contribution is 2.18. The molecule has 3 rings (SSSR count). The van der Waals surface area contributed by atoms with Crippen molar-refractivity contribution in [1.29, 1.82) is 0 Å². The van der Waals surface area contributed by atoms with Crippen LogP contribution in [0.3, 0.4) is 0 Å². The molecular formula is C17H19N3. The fourth-order valence-electron chi connectivity index (χ4n) is 2.42. The normalized spacial score (nSPS) is 14.2. The van der Waals surface area contributed by atoms with Gasteiger partial charge in [0.15, 0.2) is 5.96 Å². The Bertz CT molecular complexity index is 605. The van der Waals surface area contributed by atoms with Crippen molar-refractivity contribution in [2.75, 3.05) is 18.0 Å². The van der Waals surface area contributed by atoms with Crippen LogP contribution in [0.4, 0.5) is 5.69 Å². The SMILES string of the molecule is Cc1cccc(N2CCN=C2NCc2ccccc2)c1. The first-order valence-electron chi connectivity index (χ1n) is 6.99. The number of nitrogens with zero attached hydrogens (tertiary/aromatic N) is 2. The Morgan fingerprint density at radius 3 is 2.75 bits per heavy atom. The van der Waals surface area contributed by atoms with Gasteiger partial charge in [-0.3, -0.25) is 4.99 Å². The fourth-order valence-corrected chi connectivity index (χ4v) is 2.42. The van der Waals surface area contributed by atoms with Crippen molar-refractivity contribution in [2.45, 2.75) is 13.5 Å². The highest BCUT2D eigenvalue weighted by atomic mass is 15.3. The minimum atomic E-state index is 0.808. The number of hydrogen-bond donors (Lipinski definition) is 1. The van der Waals surface area contributed by atoms with Crippen molar-refractivity contribution in [3.63, 3.8) is 0 Å². The van der Waals surface area contributed by atoms with Gasteiger partial charge in [-0.15, -0.1) is 0 Å². The third-order valence-electron chi connectivity index (χ3n) is 3.45. The van der Waals surface area contributed by atoms with Gasteiger partial charge in [0.1, 0.15) is 0 Å². The predicted molar refractivity (Wildman–Crippen MR) is 84.1 cm³/mol. The molecule has 0 saturated carbocycles. The molecule has 1 aliphatic heterocycles. The molecule has 1 aliphatic rings. The van der Waals surface area contributed by atoms with E-state index in [1.807, 2.05) is 6.07 Å². The molecule has 1 heterocycles. The first-order chi connectivity index (χ1) is 9.83. The molecule has 0 unspecified atom stereocenters. The zero-order valence-electron chi connectivity index (χ0n) is 11.7. The van der Waals surface area contributed by atoms with Crippen LogP contribution < -0.4 is 10.2 Å². The molecular weight excluding hydrogens is 246 g/mol. The average Bonchev–Trinajstić information content (AvgIpc) is 2.95. The minimum absolute atomic E-state index is 0.808. The van der Waals surface area contributed by atoms with Crippen molar-refractivity contribution in [3.05, 3.63) is 65.7 Å². The number of aliphatic imine (C=N–C) groups is 1. The number of rotatable bonds is 3. The first-order valence-corrected chi connectivity index (χ1v) is 6.99. The van der Waals surface area contributed by atoms with Gasteiger partial charge in [0.25, 0.3) is 0 Å². The van der Waals surface area contributed by atoms with Gasteiger partial charge in [0.2, 0.25) is 0 Å². The van der Waals surface area contributed by atoms with Gasteiger partial charge in [-0.2, -0.15) is 0 Å². The summed E-state index contributed by atoms with van der Waals surface area (Å²) in [6.45, 7) is 4.72. The zero-order chi connectivity index (χ0) is 13.8. The largest absolute Gasteiger partial charge is 0.352 e. The number of anilines is 1. The van der Waals surface area contributed by atoms with Crippen molar-refractivity contribution in [2.24, 2.45) is 4.99 Å². The summed E-state index contributed by atoms with van der Waals surface area (Å²) in [5.41, 5.74) is 3.75. The van der Waals surface area contributed by atoms with Crippen LogP contribution in [0.25, 0.3) is 0 Å². The van der Waals surface area contributed by atoms with Gasteiger partial charge in [-0.05, 0) is 30.2 Å². The number of aryl methyl sites for hydroxylation is 1. The summed E-state index contributed by atoms with van der Waals surface area (Å²) in [5.74, 6) is 0.972. The molecule has 0 aromatic heterocycles. The number of guanidine groups is 1. The zero-order valence-corrected chi connectivity index (χ0v) is 11.7. The van der Waals surface area contributed by atoms with Gasteiger partial charge < -0.3 is 10.2 Å². The molecule has 2 aromatic carbocycles. The maximum absolute atomic E-state index is 4.57. The monoisotopic (exact) mass is 265 g/mol. The third kappa shape index (κ3) is 2.82. The van der Waals surface area contributed by atoms with E-state index >= 15 is 0 Å². The minimum Gasteiger partial charge on any atom is -0.352 e. The summed E-state index contributed by atoms with van der Waals surface area (Å²) in [6.07, 6.45) is 0.